The summed E-state index contributed by atoms with van der Waals surface area (Å²) in [5.41, 5.74) is 3.55. The van der Waals surface area contributed by atoms with Gasteiger partial charge in [-0.1, -0.05) is 60.7 Å². The molecule has 19 heavy (non-hydrogen) atoms. The standard InChI is InChI=1S/C18H12F/c19-18-12-5-4-11-17(18)16-10-6-9-15(13-16)14-7-2-1-3-8-14/h1-9,11-13H. The minimum Gasteiger partial charge on any atom is -0.206 e. The van der Waals surface area contributed by atoms with Crippen LogP contribution in [-0.4, -0.2) is 0 Å². The van der Waals surface area contributed by atoms with Crippen LogP contribution in [-0.2, 0) is 0 Å². The highest BCUT2D eigenvalue weighted by Crippen LogP contribution is 2.27. The third kappa shape index (κ3) is 2.41. The SMILES string of the molecule is Fc1ccccc1-c1[c]ccc(-c2ccccc2)c1. The van der Waals surface area contributed by atoms with Crippen molar-refractivity contribution in [3.05, 3.63) is 84.7 Å². The Morgan fingerprint density at radius 2 is 1.47 bits per heavy atom. The Morgan fingerprint density at radius 3 is 2.26 bits per heavy atom. The zero-order valence-corrected chi connectivity index (χ0v) is 10.3. The van der Waals surface area contributed by atoms with Gasteiger partial charge >= 0.3 is 0 Å². The van der Waals surface area contributed by atoms with Crippen molar-refractivity contribution in [1.82, 2.24) is 0 Å². The summed E-state index contributed by atoms with van der Waals surface area (Å²) < 4.78 is 13.8. The molecule has 0 aliphatic heterocycles. The van der Waals surface area contributed by atoms with E-state index in [1.807, 2.05) is 54.6 Å². The molecule has 1 radical (unpaired) electrons. The van der Waals surface area contributed by atoms with Gasteiger partial charge in [-0.05, 0) is 34.9 Å². The van der Waals surface area contributed by atoms with Crippen LogP contribution in [0.2, 0.25) is 0 Å². The molecule has 0 aliphatic rings. The molecule has 0 bridgehead atoms. The largest absolute Gasteiger partial charge is 0.206 e. The van der Waals surface area contributed by atoms with Crippen LogP contribution < -0.4 is 0 Å². The van der Waals surface area contributed by atoms with Gasteiger partial charge in [-0.25, -0.2) is 4.39 Å². The first-order valence-corrected chi connectivity index (χ1v) is 6.17. The van der Waals surface area contributed by atoms with Crippen molar-refractivity contribution < 1.29 is 4.39 Å². The van der Waals surface area contributed by atoms with Gasteiger partial charge in [0.15, 0.2) is 0 Å². The van der Waals surface area contributed by atoms with E-state index in [1.54, 1.807) is 12.1 Å². The van der Waals surface area contributed by atoms with Crippen molar-refractivity contribution >= 4 is 0 Å². The summed E-state index contributed by atoms with van der Waals surface area (Å²) >= 11 is 0. The number of halogens is 1. The topological polar surface area (TPSA) is 0 Å². The fourth-order valence-corrected chi connectivity index (χ4v) is 2.11. The average Bonchev–Trinajstić information content (AvgIpc) is 2.49. The van der Waals surface area contributed by atoms with E-state index in [0.717, 1.165) is 16.7 Å². The van der Waals surface area contributed by atoms with Crippen LogP contribution in [0, 0.1) is 11.9 Å². The van der Waals surface area contributed by atoms with E-state index >= 15 is 0 Å². The molecule has 0 aromatic heterocycles. The van der Waals surface area contributed by atoms with E-state index in [2.05, 4.69) is 6.07 Å². The van der Waals surface area contributed by atoms with Crippen molar-refractivity contribution in [3.63, 3.8) is 0 Å². The normalized spacial score (nSPS) is 10.4. The van der Waals surface area contributed by atoms with Gasteiger partial charge in [-0.15, -0.1) is 0 Å². The molecule has 91 valence electrons. The van der Waals surface area contributed by atoms with Gasteiger partial charge in [0.1, 0.15) is 5.82 Å². The van der Waals surface area contributed by atoms with Gasteiger partial charge in [-0.2, -0.15) is 0 Å². The molecule has 0 spiro atoms. The van der Waals surface area contributed by atoms with Gasteiger partial charge in [-0.3, -0.25) is 0 Å². The van der Waals surface area contributed by atoms with Crippen molar-refractivity contribution in [2.24, 2.45) is 0 Å². The molecule has 0 fully saturated rings. The molecular formula is C18H12F. The van der Waals surface area contributed by atoms with E-state index < -0.39 is 0 Å². The Labute approximate surface area is 112 Å². The second kappa shape index (κ2) is 5.07. The Morgan fingerprint density at radius 1 is 0.737 bits per heavy atom. The maximum atomic E-state index is 13.8. The number of hydrogen-bond donors (Lipinski definition) is 0. The Balaban J connectivity index is 2.09. The first-order valence-electron chi connectivity index (χ1n) is 6.17. The van der Waals surface area contributed by atoms with Crippen molar-refractivity contribution in [2.45, 2.75) is 0 Å². The monoisotopic (exact) mass is 247 g/mol. The minimum absolute atomic E-state index is 0.219. The van der Waals surface area contributed by atoms with Crippen LogP contribution in [0.5, 0.6) is 0 Å². The molecule has 3 aromatic carbocycles. The van der Waals surface area contributed by atoms with Crippen molar-refractivity contribution in [2.75, 3.05) is 0 Å². The van der Waals surface area contributed by atoms with Gasteiger partial charge in [0.25, 0.3) is 0 Å². The number of benzene rings is 3. The van der Waals surface area contributed by atoms with E-state index in [0.29, 0.717) is 5.56 Å². The molecule has 0 N–H and O–H groups in total. The minimum atomic E-state index is -0.219. The summed E-state index contributed by atoms with van der Waals surface area (Å²) in [6.07, 6.45) is 0. The molecular weight excluding hydrogens is 235 g/mol. The summed E-state index contributed by atoms with van der Waals surface area (Å²) in [5.74, 6) is -0.219. The summed E-state index contributed by atoms with van der Waals surface area (Å²) in [5, 5.41) is 0. The van der Waals surface area contributed by atoms with Crippen molar-refractivity contribution in [1.29, 1.82) is 0 Å². The molecule has 0 unspecified atom stereocenters. The van der Waals surface area contributed by atoms with E-state index in [4.69, 9.17) is 0 Å². The van der Waals surface area contributed by atoms with Crippen molar-refractivity contribution in [3.8, 4) is 22.3 Å². The molecule has 3 rings (SSSR count). The van der Waals surface area contributed by atoms with Gasteiger partial charge in [0, 0.05) is 5.56 Å². The highest BCUT2D eigenvalue weighted by Gasteiger charge is 2.05. The first-order chi connectivity index (χ1) is 9.34. The number of rotatable bonds is 2. The van der Waals surface area contributed by atoms with Gasteiger partial charge in [0.2, 0.25) is 0 Å². The quantitative estimate of drug-likeness (QED) is 0.600. The van der Waals surface area contributed by atoms with E-state index in [9.17, 15) is 4.39 Å². The maximum absolute atomic E-state index is 13.8. The predicted octanol–water partition coefficient (Wildman–Crippen LogP) is 4.96. The predicted molar refractivity (Wildman–Crippen MR) is 76.1 cm³/mol. The van der Waals surface area contributed by atoms with E-state index in [-0.39, 0.29) is 5.82 Å². The van der Waals surface area contributed by atoms with Crippen LogP contribution in [0.4, 0.5) is 4.39 Å². The van der Waals surface area contributed by atoms with Gasteiger partial charge < -0.3 is 0 Å². The van der Waals surface area contributed by atoms with Crippen LogP contribution >= 0.6 is 0 Å². The highest BCUT2D eigenvalue weighted by atomic mass is 19.1. The van der Waals surface area contributed by atoms with Gasteiger partial charge in [0.05, 0.1) is 0 Å². The first kappa shape index (κ1) is 11.7. The Kier molecular flexibility index (Phi) is 3.11. The lowest BCUT2D eigenvalue weighted by Gasteiger charge is -2.06. The molecule has 0 saturated carbocycles. The second-order valence-corrected chi connectivity index (χ2v) is 4.34. The molecule has 0 saturated heterocycles. The zero-order chi connectivity index (χ0) is 13.1. The molecule has 0 atom stereocenters. The van der Waals surface area contributed by atoms with E-state index in [1.165, 1.54) is 6.07 Å². The third-order valence-electron chi connectivity index (χ3n) is 3.07. The number of hydrogen-bond acceptors (Lipinski definition) is 0. The lowest BCUT2D eigenvalue weighted by atomic mass is 9.99. The Bertz CT molecular complexity index is 687. The summed E-state index contributed by atoms with van der Waals surface area (Å²) in [6.45, 7) is 0. The highest BCUT2D eigenvalue weighted by molar-refractivity contribution is 5.72. The fraction of sp³-hybridized carbons (Fsp3) is 0. The lowest BCUT2D eigenvalue weighted by molar-refractivity contribution is 0.631. The molecule has 0 nitrogen and oxygen atoms in total. The molecule has 3 aromatic rings. The zero-order valence-electron chi connectivity index (χ0n) is 10.3. The maximum Gasteiger partial charge on any atom is 0.131 e. The smallest absolute Gasteiger partial charge is 0.131 e. The summed E-state index contributed by atoms with van der Waals surface area (Å²) in [6, 6.07) is 25.7. The van der Waals surface area contributed by atoms with Crippen LogP contribution in [0.15, 0.2) is 72.8 Å². The molecule has 0 amide bonds. The molecule has 0 heterocycles. The van der Waals surface area contributed by atoms with Crippen LogP contribution in [0.1, 0.15) is 0 Å². The van der Waals surface area contributed by atoms with Crippen LogP contribution in [0.3, 0.4) is 0 Å². The van der Waals surface area contributed by atoms with Crippen LogP contribution in [0.25, 0.3) is 22.3 Å². The molecule has 1 heteroatoms. The third-order valence-corrected chi connectivity index (χ3v) is 3.07. The lowest BCUT2D eigenvalue weighted by Crippen LogP contribution is -1.85. The summed E-state index contributed by atoms with van der Waals surface area (Å²) in [7, 11) is 0. The second-order valence-electron chi connectivity index (χ2n) is 4.34. The summed E-state index contributed by atoms with van der Waals surface area (Å²) in [4.78, 5) is 0. The Hall–Kier alpha value is -2.41. The fourth-order valence-electron chi connectivity index (χ4n) is 2.11. The average molecular weight is 247 g/mol. The molecule has 0 aliphatic carbocycles.